The van der Waals surface area contributed by atoms with Crippen LogP contribution in [0.25, 0.3) is 0 Å². The lowest BCUT2D eigenvalue weighted by molar-refractivity contribution is -0.141. The molecule has 1 heterocycles. The van der Waals surface area contributed by atoms with Gasteiger partial charge < -0.3 is 4.74 Å². The topological polar surface area (TPSA) is 60.4 Å². The van der Waals surface area contributed by atoms with Crippen molar-refractivity contribution in [1.82, 2.24) is 0 Å². The van der Waals surface area contributed by atoms with Gasteiger partial charge in [0.1, 0.15) is 0 Å². The normalized spacial score (nSPS) is 17.1. The third-order valence-corrected chi connectivity index (χ3v) is 6.12. The molecule has 2 rings (SSSR count). The largest absolute Gasteiger partial charge is 0.469 e. The highest BCUT2D eigenvalue weighted by atomic mass is 32.2. The Kier molecular flexibility index (Phi) is 4.30. The van der Waals surface area contributed by atoms with Crippen LogP contribution in [0.5, 0.6) is 0 Å². The SMILES string of the molecule is COC(=O)CC1(CS(=O)(=O)CCc2ccsc2)CC1. The highest BCUT2D eigenvalue weighted by Gasteiger charge is 2.47. The van der Waals surface area contributed by atoms with Gasteiger partial charge in [-0.25, -0.2) is 8.42 Å². The number of aryl methyl sites for hydroxylation is 1. The van der Waals surface area contributed by atoms with Crippen molar-refractivity contribution >= 4 is 27.1 Å². The van der Waals surface area contributed by atoms with E-state index in [4.69, 9.17) is 0 Å². The van der Waals surface area contributed by atoms with Crippen LogP contribution in [-0.4, -0.2) is 33.0 Å². The molecule has 0 aromatic carbocycles. The monoisotopic (exact) mass is 302 g/mol. The number of carbonyl (C=O) groups is 1. The number of sulfone groups is 1. The molecule has 0 atom stereocenters. The lowest BCUT2D eigenvalue weighted by Gasteiger charge is -2.13. The van der Waals surface area contributed by atoms with E-state index in [0.29, 0.717) is 6.42 Å². The zero-order chi connectivity index (χ0) is 13.9. The number of thiophene rings is 1. The van der Waals surface area contributed by atoms with E-state index in [-0.39, 0.29) is 29.3 Å². The summed E-state index contributed by atoms with van der Waals surface area (Å²) in [5, 5.41) is 3.92. The van der Waals surface area contributed by atoms with E-state index in [1.807, 2.05) is 16.8 Å². The van der Waals surface area contributed by atoms with Gasteiger partial charge in [-0.05, 0) is 47.1 Å². The van der Waals surface area contributed by atoms with Crippen LogP contribution >= 0.6 is 11.3 Å². The summed E-state index contributed by atoms with van der Waals surface area (Å²) >= 11 is 1.57. The first-order valence-electron chi connectivity index (χ1n) is 6.23. The Hall–Kier alpha value is -0.880. The second-order valence-corrected chi connectivity index (χ2v) is 8.19. The Labute approximate surface area is 117 Å². The maximum atomic E-state index is 12.1. The highest BCUT2D eigenvalue weighted by Crippen LogP contribution is 2.50. The Morgan fingerprint density at radius 2 is 2.21 bits per heavy atom. The Morgan fingerprint density at radius 1 is 1.47 bits per heavy atom. The van der Waals surface area contributed by atoms with Crippen LogP contribution < -0.4 is 0 Å². The molecule has 19 heavy (non-hydrogen) atoms. The van der Waals surface area contributed by atoms with Gasteiger partial charge in [0, 0.05) is 0 Å². The van der Waals surface area contributed by atoms with Crippen LogP contribution in [0.2, 0.25) is 0 Å². The molecule has 106 valence electrons. The van der Waals surface area contributed by atoms with E-state index in [0.717, 1.165) is 18.4 Å². The van der Waals surface area contributed by atoms with Crippen molar-refractivity contribution in [2.45, 2.75) is 25.7 Å². The van der Waals surface area contributed by atoms with Crippen molar-refractivity contribution < 1.29 is 17.9 Å². The average molecular weight is 302 g/mol. The molecule has 1 aliphatic carbocycles. The number of hydrogen-bond acceptors (Lipinski definition) is 5. The van der Waals surface area contributed by atoms with Gasteiger partial charge in [-0.15, -0.1) is 0 Å². The smallest absolute Gasteiger partial charge is 0.306 e. The molecule has 1 aromatic heterocycles. The van der Waals surface area contributed by atoms with E-state index in [1.165, 1.54) is 7.11 Å². The summed E-state index contributed by atoms with van der Waals surface area (Å²) < 4.78 is 28.8. The van der Waals surface area contributed by atoms with Gasteiger partial charge >= 0.3 is 5.97 Å². The Morgan fingerprint density at radius 3 is 2.74 bits per heavy atom. The van der Waals surface area contributed by atoms with Crippen molar-refractivity contribution in [3.05, 3.63) is 22.4 Å². The Balaban J connectivity index is 1.88. The number of ether oxygens (including phenoxy) is 1. The van der Waals surface area contributed by atoms with Crippen molar-refractivity contribution in [3.63, 3.8) is 0 Å². The third-order valence-electron chi connectivity index (χ3n) is 3.51. The third kappa shape index (κ3) is 4.31. The van der Waals surface area contributed by atoms with Gasteiger partial charge in [0.15, 0.2) is 9.84 Å². The first kappa shape index (κ1) is 14.5. The molecule has 1 saturated carbocycles. The molecular weight excluding hydrogens is 284 g/mol. The molecule has 4 nitrogen and oxygen atoms in total. The van der Waals surface area contributed by atoms with Crippen molar-refractivity contribution in [2.75, 3.05) is 18.6 Å². The molecular formula is C13H18O4S2. The quantitative estimate of drug-likeness (QED) is 0.723. The van der Waals surface area contributed by atoms with Crippen LogP contribution in [0.4, 0.5) is 0 Å². The van der Waals surface area contributed by atoms with E-state index in [2.05, 4.69) is 4.74 Å². The fraction of sp³-hybridized carbons (Fsp3) is 0.615. The first-order chi connectivity index (χ1) is 8.95. The predicted octanol–water partition coefficient (Wildman–Crippen LogP) is 2.05. The molecule has 1 fully saturated rings. The van der Waals surface area contributed by atoms with Gasteiger partial charge in [0.2, 0.25) is 0 Å². The number of rotatable bonds is 7. The molecule has 0 unspecified atom stereocenters. The zero-order valence-electron chi connectivity index (χ0n) is 10.9. The standard InChI is InChI=1S/C13H18O4S2/c1-17-12(14)8-13(4-5-13)10-19(15,16)7-3-11-2-6-18-9-11/h2,6,9H,3-5,7-8,10H2,1H3. The molecule has 0 spiro atoms. The maximum Gasteiger partial charge on any atom is 0.306 e. The van der Waals surface area contributed by atoms with E-state index in [9.17, 15) is 13.2 Å². The molecule has 0 bridgehead atoms. The summed E-state index contributed by atoms with van der Waals surface area (Å²) in [4.78, 5) is 11.3. The number of hydrogen-bond donors (Lipinski definition) is 0. The number of carbonyl (C=O) groups excluding carboxylic acids is 1. The van der Waals surface area contributed by atoms with Crippen molar-refractivity contribution in [3.8, 4) is 0 Å². The molecule has 0 saturated heterocycles. The van der Waals surface area contributed by atoms with E-state index in [1.54, 1.807) is 11.3 Å². The van der Waals surface area contributed by atoms with Crippen LogP contribution in [0, 0.1) is 5.41 Å². The summed E-state index contributed by atoms with van der Waals surface area (Å²) in [5.74, 6) is -0.0446. The molecule has 6 heteroatoms. The molecule has 0 radical (unpaired) electrons. The summed E-state index contributed by atoms with van der Waals surface area (Å²) in [6.07, 6.45) is 2.39. The molecule has 1 aliphatic rings. The minimum absolute atomic E-state index is 0.110. The lowest BCUT2D eigenvalue weighted by atomic mass is 10.1. The fourth-order valence-corrected chi connectivity index (χ4v) is 4.89. The van der Waals surface area contributed by atoms with E-state index < -0.39 is 9.84 Å². The van der Waals surface area contributed by atoms with E-state index >= 15 is 0 Å². The summed E-state index contributed by atoms with van der Waals surface area (Å²) in [6, 6.07) is 1.95. The average Bonchev–Trinajstić information content (AvgIpc) is 2.90. The number of methoxy groups -OCH3 is 1. The predicted molar refractivity (Wildman–Crippen MR) is 75.0 cm³/mol. The molecule has 1 aromatic rings. The van der Waals surface area contributed by atoms with Gasteiger partial charge in [-0.1, -0.05) is 0 Å². The number of esters is 1. The van der Waals surface area contributed by atoms with Gasteiger partial charge in [-0.2, -0.15) is 11.3 Å². The van der Waals surface area contributed by atoms with Crippen molar-refractivity contribution in [2.24, 2.45) is 5.41 Å². The minimum atomic E-state index is -3.11. The minimum Gasteiger partial charge on any atom is -0.469 e. The second-order valence-electron chi connectivity index (χ2n) is 5.23. The zero-order valence-corrected chi connectivity index (χ0v) is 12.6. The van der Waals surface area contributed by atoms with Crippen LogP contribution in [0.3, 0.4) is 0 Å². The van der Waals surface area contributed by atoms with Crippen LogP contribution in [0.15, 0.2) is 16.8 Å². The maximum absolute atomic E-state index is 12.1. The van der Waals surface area contributed by atoms with Crippen LogP contribution in [0.1, 0.15) is 24.8 Å². The summed E-state index contributed by atoms with van der Waals surface area (Å²) in [7, 11) is -1.77. The summed E-state index contributed by atoms with van der Waals surface area (Å²) in [6.45, 7) is 0. The van der Waals surface area contributed by atoms with Gasteiger partial charge in [-0.3, -0.25) is 4.79 Å². The van der Waals surface area contributed by atoms with Crippen LogP contribution in [-0.2, 0) is 25.8 Å². The highest BCUT2D eigenvalue weighted by molar-refractivity contribution is 7.91. The van der Waals surface area contributed by atoms with Gasteiger partial charge in [0.05, 0.1) is 25.0 Å². The molecule has 0 aliphatic heterocycles. The fourth-order valence-electron chi connectivity index (χ4n) is 2.17. The lowest BCUT2D eigenvalue weighted by Crippen LogP contribution is -2.23. The first-order valence-corrected chi connectivity index (χ1v) is 8.99. The molecule has 0 N–H and O–H groups in total. The van der Waals surface area contributed by atoms with Gasteiger partial charge in [0.25, 0.3) is 0 Å². The Bertz CT molecular complexity index is 527. The second kappa shape index (κ2) is 5.63. The molecule has 0 amide bonds. The van der Waals surface area contributed by atoms with Crippen molar-refractivity contribution in [1.29, 1.82) is 0 Å². The summed E-state index contributed by atoms with van der Waals surface area (Å²) in [5.41, 5.74) is 0.715.